The van der Waals surface area contributed by atoms with Crippen LogP contribution in [-0.4, -0.2) is 73.1 Å². The van der Waals surface area contributed by atoms with Crippen molar-refractivity contribution < 1.29 is 4.74 Å². The Labute approximate surface area is 178 Å². The van der Waals surface area contributed by atoms with E-state index in [0.29, 0.717) is 24.5 Å². The van der Waals surface area contributed by atoms with Gasteiger partial charge in [0.2, 0.25) is 0 Å². The number of nitrogens with zero attached hydrogens (tertiary/aromatic N) is 2. The van der Waals surface area contributed by atoms with Crippen LogP contribution in [0.25, 0.3) is 0 Å². The van der Waals surface area contributed by atoms with Gasteiger partial charge in [0.05, 0.1) is 18.4 Å². The van der Waals surface area contributed by atoms with Crippen molar-refractivity contribution in [1.29, 1.82) is 0 Å². The lowest BCUT2D eigenvalue weighted by molar-refractivity contribution is -0.0152. The zero-order chi connectivity index (χ0) is 19.8. The Hall–Kier alpha value is -0.200. The summed E-state index contributed by atoms with van der Waals surface area (Å²) in [5.41, 5.74) is 0. The predicted octanol–water partition coefficient (Wildman–Crippen LogP) is 3.15. The number of fused-ring (bicyclic) bond motifs is 2. The molecule has 3 aliphatic heterocycles. The fourth-order valence-corrected chi connectivity index (χ4v) is 7.55. The number of hydrogen-bond donors (Lipinski definition) is 2. The molecule has 5 nitrogen and oxygen atoms in total. The Morgan fingerprint density at radius 3 is 2.48 bits per heavy atom. The third kappa shape index (κ3) is 4.15. The molecule has 29 heavy (non-hydrogen) atoms. The first-order chi connectivity index (χ1) is 14.2. The molecule has 5 heteroatoms. The Bertz CT molecular complexity index is 537. The second-order valence-corrected chi connectivity index (χ2v) is 10.6. The molecule has 0 aromatic rings. The van der Waals surface area contributed by atoms with Crippen LogP contribution in [0.15, 0.2) is 0 Å². The maximum atomic E-state index is 5.92. The zero-order valence-corrected chi connectivity index (χ0v) is 18.8. The molecule has 3 heterocycles. The zero-order valence-electron chi connectivity index (χ0n) is 18.8. The van der Waals surface area contributed by atoms with E-state index in [1.54, 1.807) is 0 Å². The first kappa shape index (κ1) is 20.7. The highest BCUT2D eigenvalue weighted by atomic mass is 16.5. The average Bonchev–Trinajstić information content (AvgIpc) is 3.35. The highest BCUT2D eigenvalue weighted by molar-refractivity contribution is 5.06. The third-order valence-electron chi connectivity index (χ3n) is 9.03. The molecule has 0 aromatic carbocycles. The number of rotatable bonds is 5. The first-order valence-corrected chi connectivity index (χ1v) is 12.8. The quantitative estimate of drug-likeness (QED) is 0.737. The molecule has 5 rings (SSSR count). The summed E-state index contributed by atoms with van der Waals surface area (Å²) in [6.45, 7) is 5.57. The molecule has 2 aliphatic carbocycles. The number of nitrogens with one attached hydrogen (secondary N) is 2. The Balaban J connectivity index is 1.29. The second kappa shape index (κ2) is 9.12. The van der Waals surface area contributed by atoms with E-state index in [1.165, 1.54) is 83.7 Å². The van der Waals surface area contributed by atoms with Gasteiger partial charge in [-0.25, -0.2) is 0 Å². The number of hydrogen-bond acceptors (Lipinski definition) is 5. The van der Waals surface area contributed by atoms with Gasteiger partial charge < -0.3 is 4.74 Å². The lowest BCUT2D eigenvalue weighted by atomic mass is 9.71. The normalized spacial score (nSPS) is 46.6. The van der Waals surface area contributed by atoms with E-state index in [4.69, 9.17) is 4.74 Å². The number of ether oxygens (including phenoxy) is 1. The van der Waals surface area contributed by atoms with Crippen molar-refractivity contribution in [2.75, 3.05) is 26.7 Å². The highest BCUT2D eigenvalue weighted by Gasteiger charge is 2.51. The fourth-order valence-electron chi connectivity index (χ4n) is 7.55. The molecule has 6 unspecified atom stereocenters. The van der Waals surface area contributed by atoms with Gasteiger partial charge in [0.15, 0.2) is 0 Å². The van der Waals surface area contributed by atoms with Crippen molar-refractivity contribution in [1.82, 2.24) is 20.4 Å². The Morgan fingerprint density at radius 2 is 1.72 bits per heavy atom. The molecule has 3 saturated heterocycles. The number of likely N-dealkylation sites (tertiary alicyclic amines) is 2. The maximum absolute atomic E-state index is 5.92. The lowest BCUT2D eigenvalue weighted by Crippen LogP contribution is -2.67. The van der Waals surface area contributed by atoms with Crippen molar-refractivity contribution in [3.8, 4) is 0 Å². The van der Waals surface area contributed by atoms with Crippen LogP contribution in [0.4, 0.5) is 0 Å². The Morgan fingerprint density at radius 1 is 0.897 bits per heavy atom. The standard InChI is InChI=1S/C24H44N4O/c1-3-29-18-12-10-17(11-13-18)28-16-14-20-23(26-22-9-6-15-27(22)2)19-7-4-5-8-21(19)25-24(20)28/h17-26H,3-16H2,1-2H3. The Kier molecular flexibility index (Phi) is 6.50. The van der Waals surface area contributed by atoms with Gasteiger partial charge in [-0.1, -0.05) is 12.8 Å². The minimum atomic E-state index is 0.518. The van der Waals surface area contributed by atoms with E-state index >= 15 is 0 Å². The molecular weight excluding hydrogens is 360 g/mol. The molecule has 0 bridgehead atoms. The van der Waals surface area contributed by atoms with Crippen molar-refractivity contribution in [2.24, 2.45) is 11.8 Å². The summed E-state index contributed by atoms with van der Waals surface area (Å²) in [5.74, 6) is 1.63. The maximum Gasteiger partial charge on any atom is 0.0646 e. The summed E-state index contributed by atoms with van der Waals surface area (Å²) in [5, 5.41) is 8.43. The topological polar surface area (TPSA) is 39.8 Å². The van der Waals surface area contributed by atoms with Gasteiger partial charge in [0, 0.05) is 37.2 Å². The van der Waals surface area contributed by atoms with Crippen LogP contribution < -0.4 is 10.6 Å². The molecule has 166 valence electrons. The van der Waals surface area contributed by atoms with Gasteiger partial charge in [-0.05, 0) is 84.2 Å². The molecule has 0 radical (unpaired) electrons. The molecule has 5 aliphatic rings. The highest BCUT2D eigenvalue weighted by Crippen LogP contribution is 2.43. The SMILES string of the molecule is CCOC1CCC(N2CCC3C(NC4CCCN4C)C4CCCCC4NC32)CC1. The molecule has 0 amide bonds. The van der Waals surface area contributed by atoms with Crippen molar-refractivity contribution in [3.05, 3.63) is 0 Å². The van der Waals surface area contributed by atoms with Crippen LogP contribution in [0.5, 0.6) is 0 Å². The van der Waals surface area contributed by atoms with Crippen molar-refractivity contribution >= 4 is 0 Å². The van der Waals surface area contributed by atoms with Crippen LogP contribution in [0.3, 0.4) is 0 Å². The van der Waals surface area contributed by atoms with E-state index in [2.05, 4.69) is 34.4 Å². The predicted molar refractivity (Wildman–Crippen MR) is 118 cm³/mol. The average molecular weight is 405 g/mol. The van der Waals surface area contributed by atoms with Gasteiger partial charge >= 0.3 is 0 Å². The lowest BCUT2D eigenvalue weighted by Gasteiger charge is -2.52. The molecule has 2 saturated carbocycles. The summed E-state index contributed by atoms with van der Waals surface area (Å²) >= 11 is 0. The van der Waals surface area contributed by atoms with E-state index in [0.717, 1.165) is 30.5 Å². The molecule has 0 spiro atoms. The monoisotopic (exact) mass is 404 g/mol. The van der Waals surface area contributed by atoms with E-state index < -0.39 is 0 Å². The summed E-state index contributed by atoms with van der Waals surface area (Å²) in [6, 6.07) is 2.21. The summed E-state index contributed by atoms with van der Waals surface area (Å²) < 4.78 is 5.92. The molecule has 6 atom stereocenters. The van der Waals surface area contributed by atoms with Crippen LogP contribution in [0, 0.1) is 11.8 Å². The summed E-state index contributed by atoms with van der Waals surface area (Å²) in [4.78, 5) is 5.46. The minimum absolute atomic E-state index is 0.518. The molecule has 0 aromatic heterocycles. The molecular formula is C24H44N4O. The van der Waals surface area contributed by atoms with Gasteiger partial charge in [-0.2, -0.15) is 0 Å². The van der Waals surface area contributed by atoms with Gasteiger partial charge in [-0.3, -0.25) is 20.4 Å². The van der Waals surface area contributed by atoms with Gasteiger partial charge in [0.1, 0.15) is 0 Å². The largest absolute Gasteiger partial charge is 0.379 e. The fraction of sp³-hybridized carbons (Fsp3) is 1.00. The van der Waals surface area contributed by atoms with Gasteiger partial charge in [0.25, 0.3) is 0 Å². The van der Waals surface area contributed by atoms with Crippen LogP contribution in [-0.2, 0) is 4.74 Å². The van der Waals surface area contributed by atoms with Crippen molar-refractivity contribution in [2.45, 2.75) is 114 Å². The smallest absolute Gasteiger partial charge is 0.0646 e. The van der Waals surface area contributed by atoms with Gasteiger partial charge in [-0.15, -0.1) is 0 Å². The van der Waals surface area contributed by atoms with Crippen molar-refractivity contribution in [3.63, 3.8) is 0 Å². The summed E-state index contributed by atoms with van der Waals surface area (Å²) in [6.07, 6.45) is 16.6. The molecule has 5 fully saturated rings. The minimum Gasteiger partial charge on any atom is -0.379 e. The van der Waals surface area contributed by atoms with E-state index in [1.807, 2.05) is 0 Å². The van der Waals surface area contributed by atoms with Crippen LogP contribution in [0.1, 0.15) is 77.6 Å². The number of piperidine rings is 1. The van der Waals surface area contributed by atoms with Crippen LogP contribution >= 0.6 is 0 Å². The second-order valence-electron chi connectivity index (χ2n) is 10.6. The third-order valence-corrected chi connectivity index (χ3v) is 9.03. The molecule has 2 N–H and O–H groups in total. The van der Waals surface area contributed by atoms with E-state index in [-0.39, 0.29) is 0 Å². The summed E-state index contributed by atoms with van der Waals surface area (Å²) in [7, 11) is 2.32. The van der Waals surface area contributed by atoms with E-state index in [9.17, 15) is 0 Å². The first-order valence-electron chi connectivity index (χ1n) is 12.8. The van der Waals surface area contributed by atoms with Crippen LogP contribution in [0.2, 0.25) is 0 Å².